The number of carbonyl (C=O) groups is 2. The molecular weight excluding hydrogens is 330 g/mol. The Hall–Kier alpha value is -1.82. The van der Waals surface area contributed by atoms with Crippen LogP contribution in [0.3, 0.4) is 0 Å². The maximum absolute atomic E-state index is 12.5. The van der Waals surface area contributed by atoms with Crippen LogP contribution >= 0.6 is 11.6 Å². The zero-order valence-corrected chi connectivity index (χ0v) is 15.3. The van der Waals surface area contributed by atoms with Gasteiger partial charge in [-0.25, -0.2) is 9.78 Å². The molecule has 0 N–H and O–H groups in total. The van der Waals surface area contributed by atoms with Crippen LogP contribution in [0.2, 0.25) is 5.15 Å². The summed E-state index contributed by atoms with van der Waals surface area (Å²) < 4.78 is 5.39. The van der Waals surface area contributed by atoms with Crippen LogP contribution in [0, 0.1) is 5.92 Å². The lowest BCUT2D eigenvalue weighted by Crippen LogP contribution is -2.37. The molecule has 0 radical (unpaired) electrons. The van der Waals surface area contributed by atoms with Crippen molar-refractivity contribution < 1.29 is 14.3 Å². The highest BCUT2D eigenvalue weighted by Gasteiger charge is 2.31. The third-order valence-corrected chi connectivity index (χ3v) is 4.11. The molecule has 1 aromatic rings. The van der Waals surface area contributed by atoms with Crippen molar-refractivity contribution in [2.45, 2.75) is 32.8 Å². The molecular formula is C17H24ClN3O3. The van der Waals surface area contributed by atoms with Gasteiger partial charge in [0.05, 0.1) is 5.56 Å². The van der Waals surface area contributed by atoms with Crippen LogP contribution in [0.15, 0.2) is 18.3 Å². The molecule has 1 saturated heterocycles. The van der Waals surface area contributed by atoms with Crippen molar-refractivity contribution in [1.29, 1.82) is 0 Å². The highest BCUT2D eigenvalue weighted by atomic mass is 35.5. The lowest BCUT2D eigenvalue weighted by molar-refractivity contribution is 0.0286. The first-order valence-electron chi connectivity index (χ1n) is 8.01. The third kappa shape index (κ3) is 4.84. The molecule has 2 amide bonds. The summed E-state index contributed by atoms with van der Waals surface area (Å²) >= 11 is 5.98. The van der Waals surface area contributed by atoms with Crippen molar-refractivity contribution in [1.82, 2.24) is 14.8 Å². The fraction of sp³-hybridized carbons (Fsp3) is 0.588. The van der Waals surface area contributed by atoms with Gasteiger partial charge in [-0.15, -0.1) is 0 Å². The molecule has 1 aliphatic rings. The first-order chi connectivity index (χ1) is 11.2. The lowest BCUT2D eigenvalue weighted by atomic mass is 10.1. The molecule has 2 heterocycles. The maximum Gasteiger partial charge on any atom is 0.410 e. The minimum atomic E-state index is -0.501. The van der Waals surface area contributed by atoms with Gasteiger partial charge in [-0.3, -0.25) is 4.79 Å². The van der Waals surface area contributed by atoms with E-state index in [9.17, 15) is 9.59 Å². The molecule has 1 fully saturated rings. The average molecular weight is 354 g/mol. The topological polar surface area (TPSA) is 62.7 Å². The van der Waals surface area contributed by atoms with E-state index in [0.717, 1.165) is 6.42 Å². The number of carbonyl (C=O) groups excluding carboxylic acids is 2. The number of aromatic nitrogens is 1. The largest absolute Gasteiger partial charge is 0.444 e. The van der Waals surface area contributed by atoms with E-state index in [1.807, 2.05) is 20.8 Å². The minimum Gasteiger partial charge on any atom is -0.444 e. The van der Waals surface area contributed by atoms with Crippen LogP contribution in [-0.4, -0.2) is 59.1 Å². The van der Waals surface area contributed by atoms with Gasteiger partial charge >= 0.3 is 6.09 Å². The second kappa shape index (κ2) is 7.38. The predicted octanol–water partition coefficient (Wildman–Crippen LogP) is 3.06. The highest BCUT2D eigenvalue weighted by molar-refractivity contribution is 6.32. The zero-order valence-electron chi connectivity index (χ0n) is 14.6. The van der Waals surface area contributed by atoms with E-state index in [4.69, 9.17) is 16.3 Å². The Labute approximate surface area is 147 Å². The number of ether oxygens (including phenoxy) is 1. The van der Waals surface area contributed by atoms with Crippen molar-refractivity contribution in [3.8, 4) is 0 Å². The molecule has 0 bridgehead atoms. The second-order valence-corrected chi connectivity index (χ2v) is 7.47. The maximum atomic E-state index is 12.5. The molecule has 6 nitrogen and oxygen atoms in total. The summed E-state index contributed by atoms with van der Waals surface area (Å²) in [6, 6.07) is 3.35. The van der Waals surface area contributed by atoms with E-state index in [2.05, 4.69) is 4.98 Å². The van der Waals surface area contributed by atoms with Gasteiger partial charge < -0.3 is 14.5 Å². The van der Waals surface area contributed by atoms with Crippen LogP contribution in [0.4, 0.5) is 4.79 Å². The first-order valence-corrected chi connectivity index (χ1v) is 8.39. The van der Waals surface area contributed by atoms with E-state index in [-0.39, 0.29) is 23.1 Å². The third-order valence-electron chi connectivity index (χ3n) is 3.81. The van der Waals surface area contributed by atoms with E-state index in [1.54, 1.807) is 35.2 Å². The number of likely N-dealkylation sites (tertiary alicyclic amines) is 1. The fourth-order valence-electron chi connectivity index (χ4n) is 2.70. The molecule has 2 rings (SSSR count). The molecule has 1 atom stereocenters. The number of pyridine rings is 1. The van der Waals surface area contributed by atoms with Crippen molar-refractivity contribution in [2.75, 3.05) is 26.7 Å². The Morgan fingerprint density at radius 3 is 2.79 bits per heavy atom. The quantitative estimate of drug-likeness (QED) is 0.783. The predicted molar refractivity (Wildman–Crippen MR) is 92.1 cm³/mol. The molecule has 0 saturated carbocycles. The molecule has 1 aliphatic heterocycles. The average Bonchev–Trinajstić information content (AvgIpc) is 2.94. The van der Waals surface area contributed by atoms with Gasteiger partial charge in [-0.1, -0.05) is 11.6 Å². The Balaban J connectivity index is 1.90. The van der Waals surface area contributed by atoms with Gasteiger partial charge in [-0.05, 0) is 45.2 Å². The van der Waals surface area contributed by atoms with Gasteiger partial charge in [0.25, 0.3) is 5.91 Å². The Kier molecular flexibility index (Phi) is 5.70. The molecule has 0 aromatic carbocycles. The summed E-state index contributed by atoms with van der Waals surface area (Å²) in [6.07, 6.45) is 2.10. The summed E-state index contributed by atoms with van der Waals surface area (Å²) in [5.74, 6) is 0.0609. The van der Waals surface area contributed by atoms with Gasteiger partial charge in [0.1, 0.15) is 10.8 Å². The molecule has 24 heavy (non-hydrogen) atoms. The first kappa shape index (κ1) is 18.5. The van der Waals surface area contributed by atoms with Crippen molar-refractivity contribution in [2.24, 2.45) is 5.92 Å². The molecule has 132 valence electrons. The summed E-state index contributed by atoms with van der Waals surface area (Å²) in [5.41, 5.74) is -0.109. The molecule has 7 heteroatoms. The van der Waals surface area contributed by atoms with E-state index < -0.39 is 5.60 Å². The molecule has 1 aromatic heterocycles. The SMILES string of the molecule is CN(C[C@@H]1CCN(C(=O)OC(C)(C)C)C1)C(=O)c1cccnc1Cl. The highest BCUT2D eigenvalue weighted by Crippen LogP contribution is 2.21. The Morgan fingerprint density at radius 2 is 2.17 bits per heavy atom. The lowest BCUT2D eigenvalue weighted by Gasteiger charge is -2.25. The second-order valence-electron chi connectivity index (χ2n) is 7.11. The van der Waals surface area contributed by atoms with Crippen LogP contribution < -0.4 is 0 Å². The fourth-order valence-corrected chi connectivity index (χ4v) is 2.90. The number of rotatable bonds is 3. The number of hydrogen-bond donors (Lipinski definition) is 0. The van der Waals surface area contributed by atoms with Gasteiger partial charge in [0.2, 0.25) is 0 Å². The van der Waals surface area contributed by atoms with Crippen molar-refractivity contribution in [3.05, 3.63) is 29.0 Å². The number of amides is 2. The van der Waals surface area contributed by atoms with Crippen LogP contribution in [0.1, 0.15) is 37.6 Å². The summed E-state index contributed by atoms with van der Waals surface area (Å²) in [7, 11) is 1.74. The Morgan fingerprint density at radius 1 is 1.46 bits per heavy atom. The Bertz CT molecular complexity index is 615. The standard InChI is InChI=1S/C17H24ClN3O3/c1-17(2,3)24-16(23)21-9-7-12(11-21)10-20(4)15(22)13-6-5-8-19-14(13)18/h5-6,8,12H,7,9-11H2,1-4H3/t12-/m0/s1. The van der Waals surface area contributed by atoms with Gasteiger partial charge in [-0.2, -0.15) is 0 Å². The number of nitrogens with zero attached hydrogens (tertiary/aromatic N) is 3. The van der Waals surface area contributed by atoms with Crippen molar-refractivity contribution in [3.63, 3.8) is 0 Å². The molecule has 0 spiro atoms. The summed E-state index contributed by atoms with van der Waals surface area (Å²) in [5, 5.41) is 0.205. The van der Waals surface area contributed by atoms with Gasteiger partial charge in [0.15, 0.2) is 0 Å². The van der Waals surface area contributed by atoms with E-state index >= 15 is 0 Å². The van der Waals surface area contributed by atoms with Crippen LogP contribution in [0.25, 0.3) is 0 Å². The van der Waals surface area contributed by atoms with Crippen molar-refractivity contribution >= 4 is 23.6 Å². The van der Waals surface area contributed by atoms with E-state index in [1.165, 1.54) is 0 Å². The molecule has 0 unspecified atom stereocenters. The molecule has 0 aliphatic carbocycles. The minimum absolute atomic E-state index is 0.163. The monoisotopic (exact) mass is 353 g/mol. The summed E-state index contributed by atoms with van der Waals surface area (Å²) in [6.45, 7) is 7.35. The number of halogens is 1. The zero-order chi connectivity index (χ0) is 17.9. The van der Waals surface area contributed by atoms with Crippen LogP contribution in [-0.2, 0) is 4.74 Å². The smallest absolute Gasteiger partial charge is 0.410 e. The number of hydrogen-bond acceptors (Lipinski definition) is 4. The van der Waals surface area contributed by atoms with Gasteiger partial charge in [0, 0.05) is 32.9 Å². The van der Waals surface area contributed by atoms with E-state index in [0.29, 0.717) is 25.2 Å². The van der Waals surface area contributed by atoms with Crippen LogP contribution in [0.5, 0.6) is 0 Å². The summed E-state index contributed by atoms with van der Waals surface area (Å²) in [4.78, 5) is 31.8. The normalized spacial score (nSPS) is 17.7.